The summed E-state index contributed by atoms with van der Waals surface area (Å²) in [4.78, 5) is 26.1. The summed E-state index contributed by atoms with van der Waals surface area (Å²) < 4.78 is 5.07. The average Bonchev–Trinajstić information content (AvgIpc) is 2.37. The second kappa shape index (κ2) is 7.31. The van der Waals surface area contributed by atoms with Crippen molar-refractivity contribution in [2.75, 3.05) is 12.3 Å². The largest absolute Gasteiger partial charge is 0.478 e. The van der Waals surface area contributed by atoms with E-state index in [2.05, 4.69) is 22.1 Å². The SMILES string of the molecule is CC(C)(C)OC(=O)NCCC#Cc1cnc(N)c(C(=O)O)c1. The Bertz CT molecular complexity index is 624. The van der Waals surface area contributed by atoms with Crippen LogP contribution in [-0.2, 0) is 4.74 Å². The third-order valence-electron chi connectivity index (χ3n) is 2.30. The molecule has 22 heavy (non-hydrogen) atoms. The molecule has 7 nitrogen and oxygen atoms in total. The molecular weight excluding hydrogens is 286 g/mol. The fourth-order valence-corrected chi connectivity index (χ4v) is 1.42. The van der Waals surface area contributed by atoms with Crippen LogP contribution in [-0.4, -0.2) is 34.3 Å². The highest BCUT2D eigenvalue weighted by molar-refractivity contribution is 5.92. The van der Waals surface area contributed by atoms with Gasteiger partial charge >= 0.3 is 12.1 Å². The number of aromatic nitrogens is 1. The molecule has 1 aromatic heterocycles. The minimum atomic E-state index is -1.15. The molecule has 0 aliphatic rings. The number of hydrogen-bond donors (Lipinski definition) is 3. The molecule has 0 saturated heterocycles. The molecule has 1 amide bonds. The van der Waals surface area contributed by atoms with Crippen molar-refractivity contribution in [1.82, 2.24) is 10.3 Å². The molecule has 0 atom stereocenters. The summed E-state index contributed by atoms with van der Waals surface area (Å²) >= 11 is 0. The predicted octanol–water partition coefficient (Wildman–Crippen LogP) is 1.63. The van der Waals surface area contributed by atoms with E-state index < -0.39 is 17.7 Å². The van der Waals surface area contributed by atoms with E-state index >= 15 is 0 Å². The molecule has 0 saturated carbocycles. The summed E-state index contributed by atoms with van der Waals surface area (Å²) in [7, 11) is 0. The maximum absolute atomic E-state index is 11.4. The summed E-state index contributed by atoms with van der Waals surface area (Å²) in [5.41, 5.74) is 5.27. The van der Waals surface area contributed by atoms with Crippen molar-refractivity contribution in [2.45, 2.75) is 32.8 Å². The van der Waals surface area contributed by atoms with Gasteiger partial charge in [0.2, 0.25) is 0 Å². The minimum absolute atomic E-state index is 0.0513. The van der Waals surface area contributed by atoms with Crippen LogP contribution in [0.2, 0.25) is 0 Å². The third-order valence-corrected chi connectivity index (χ3v) is 2.30. The van der Waals surface area contributed by atoms with Crippen molar-refractivity contribution >= 4 is 17.9 Å². The van der Waals surface area contributed by atoms with Crippen LogP contribution in [0.25, 0.3) is 0 Å². The fourth-order valence-electron chi connectivity index (χ4n) is 1.42. The Morgan fingerprint density at radius 1 is 1.45 bits per heavy atom. The number of nitrogens with zero attached hydrogens (tertiary/aromatic N) is 1. The van der Waals surface area contributed by atoms with E-state index in [9.17, 15) is 9.59 Å². The first-order chi connectivity index (χ1) is 10.2. The van der Waals surface area contributed by atoms with Gasteiger partial charge in [0.25, 0.3) is 0 Å². The number of anilines is 1. The number of nitrogen functional groups attached to an aromatic ring is 1. The quantitative estimate of drug-likeness (QED) is 0.577. The highest BCUT2D eigenvalue weighted by Gasteiger charge is 2.15. The molecule has 4 N–H and O–H groups in total. The van der Waals surface area contributed by atoms with Gasteiger partial charge in [-0.05, 0) is 26.8 Å². The number of nitrogens with two attached hydrogens (primary N) is 1. The molecule has 1 aromatic rings. The number of nitrogens with one attached hydrogen (secondary N) is 1. The number of carbonyl (C=O) groups excluding carboxylic acids is 1. The molecular formula is C15H19N3O4. The maximum atomic E-state index is 11.4. The molecule has 0 bridgehead atoms. The van der Waals surface area contributed by atoms with Crippen molar-refractivity contribution < 1.29 is 19.4 Å². The minimum Gasteiger partial charge on any atom is -0.478 e. The lowest BCUT2D eigenvalue weighted by Gasteiger charge is -2.19. The molecule has 0 aliphatic carbocycles. The number of rotatable bonds is 3. The van der Waals surface area contributed by atoms with Gasteiger partial charge in [-0.1, -0.05) is 11.8 Å². The number of carboxylic acid groups (broad SMARTS) is 1. The van der Waals surface area contributed by atoms with E-state index in [0.29, 0.717) is 18.5 Å². The van der Waals surface area contributed by atoms with E-state index in [-0.39, 0.29) is 11.4 Å². The van der Waals surface area contributed by atoms with Gasteiger partial charge in [0.15, 0.2) is 0 Å². The molecule has 0 fully saturated rings. The van der Waals surface area contributed by atoms with E-state index in [0.717, 1.165) is 0 Å². The van der Waals surface area contributed by atoms with Crippen molar-refractivity contribution in [3.8, 4) is 11.8 Å². The van der Waals surface area contributed by atoms with Gasteiger partial charge < -0.3 is 20.9 Å². The molecule has 0 spiro atoms. The lowest BCUT2D eigenvalue weighted by Crippen LogP contribution is -2.32. The normalized spacial score (nSPS) is 10.3. The van der Waals surface area contributed by atoms with Crippen LogP contribution in [0.1, 0.15) is 43.1 Å². The average molecular weight is 305 g/mol. The molecule has 0 aliphatic heterocycles. The zero-order chi connectivity index (χ0) is 16.8. The van der Waals surface area contributed by atoms with E-state index in [1.54, 1.807) is 20.8 Å². The van der Waals surface area contributed by atoms with Crippen molar-refractivity contribution in [3.05, 3.63) is 23.4 Å². The topological polar surface area (TPSA) is 115 Å². The van der Waals surface area contributed by atoms with Gasteiger partial charge in [-0.25, -0.2) is 14.6 Å². The first kappa shape index (κ1) is 17.3. The number of alkyl carbamates (subject to hydrolysis) is 1. The summed E-state index contributed by atoms with van der Waals surface area (Å²) in [5, 5.41) is 11.5. The van der Waals surface area contributed by atoms with E-state index in [4.69, 9.17) is 15.6 Å². The second-order valence-electron chi connectivity index (χ2n) is 5.44. The van der Waals surface area contributed by atoms with Crippen LogP contribution in [0.3, 0.4) is 0 Å². The second-order valence-corrected chi connectivity index (χ2v) is 5.44. The lowest BCUT2D eigenvalue weighted by molar-refractivity contribution is 0.0528. The molecule has 0 unspecified atom stereocenters. The number of carbonyl (C=O) groups is 2. The van der Waals surface area contributed by atoms with Crippen LogP contribution >= 0.6 is 0 Å². The summed E-state index contributed by atoms with van der Waals surface area (Å²) in [5.74, 6) is 4.37. The standard InChI is InChI=1S/C15H19N3O4/c1-15(2,3)22-14(21)17-7-5-4-6-10-8-11(13(19)20)12(16)18-9-10/h8-9H,5,7H2,1-3H3,(H2,16,18)(H,17,21)(H,19,20). The van der Waals surface area contributed by atoms with Gasteiger partial charge in [-0.15, -0.1) is 0 Å². The Kier molecular flexibility index (Phi) is 5.75. The predicted molar refractivity (Wildman–Crippen MR) is 81.3 cm³/mol. The van der Waals surface area contributed by atoms with Crippen LogP contribution in [0.15, 0.2) is 12.3 Å². The highest BCUT2D eigenvalue weighted by Crippen LogP contribution is 2.10. The molecule has 0 radical (unpaired) electrons. The number of ether oxygens (including phenoxy) is 1. The van der Waals surface area contributed by atoms with Crippen molar-refractivity contribution in [3.63, 3.8) is 0 Å². The van der Waals surface area contributed by atoms with Gasteiger partial charge in [0.1, 0.15) is 17.0 Å². The summed E-state index contributed by atoms with van der Waals surface area (Å²) in [6, 6.07) is 1.36. The van der Waals surface area contributed by atoms with Crippen LogP contribution < -0.4 is 11.1 Å². The summed E-state index contributed by atoms with van der Waals surface area (Å²) in [6.07, 6.45) is 1.29. The number of amides is 1. The number of hydrogen-bond acceptors (Lipinski definition) is 5. The van der Waals surface area contributed by atoms with Gasteiger partial charge in [0.05, 0.1) is 0 Å². The Morgan fingerprint density at radius 3 is 2.73 bits per heavy atom. The first-order valence-corrected chi connectivity index (χ1v) is 6.63. The van der Waals surface area contributed by atoms with Crippen molar-refractivity contribution in [1.29, 1.82) is 0 Å². The molecule has 7 heteroatoms. The number of carboxylic acids is 1. The summed E-state index contributed by atoms with van der Waals surface area (Å²) in [6.45, 7) is 5.66. The Morgan fingerprint density at radius 2 is 2.14 bits per heavy atom. The highest BCUT2D eigenvalue weighted by atomic mass is 16.6. The van der Waals surface area contributed by atoms with Gasteiger partial charge in [-0.2, -0.15) is 0 Å². The smallest absolute Gasteiger partial charge is 0.407 e. The van der Waals surface area contributed by atoms with Gasteiger partial charge in [-0.3, -0.25) is 0 Å². The first-order valence-electron chi connectivity index (χ1n) is 6.63. The van der Waals surface area contributed by atoms with Crippen LogP contribution in [0, 0.1) is 11.8 Å². The molecule has 1 rings (SSSR count). The van der Waals surface area contributed by atoms with E-state index in [1.165, 1.54) is 12.3 Å². The zero-order valence-corrected chi connectivity index (χ0v) is 12.8. The Balaban J connectivity index is 2.50. The zero-order valence-electron chi connectivity index (χ0n) is 12.8. The monoisotopic (exact) mass is 305 g/mol. The number of pyridine rings is 1. The third kappa shape index (κ3) is 6.13. The number of aromatic carboxylic acids is 1. The molecule has 1 heterocycles. The molecule has 118 valence electrons. The maximum Gasteiger partial charge on any atom is 0.407 e. The molecule has 0 aromatic carbocycles. The van der Waals surface area contributed by atoms with Crippen LogP contribution in [0.5, 0.6) is 0 Å². The van der Waals surface area contributed by atoms with Gasteiger partial charge in [0, 0.05) is 24.7 Å². The Hall–Kier alpha value is -2.75. The fraction of sp³-hybridized carbons (Fsp3) is 0.400. The van der Waals surface area contributed by atoms with E-state index in [1.807, 2.05) is 0 Å². The van der Waals surface area contributed by atoms with Crippen LogP contribution in [0.4, 0.5) is 10.6 Å². The Labute approximate surface area is 128 Å². The van der Waals surface area contributed by atoms with Crippen molar-refractivity contribution in [2.24, 2.45) is 0 Å². The lowest BCUT2D eigenvalue weighted by atomic mass is 10.2.